The third-order valence-electron chi connectivity index (χ3n) is 4.50. The van der Waals surface area contributed by atoms with Crippen molar-refractivity contribution in [2.24, 2.45) is 16.7 Å². The molecule has 0 aromatic heterocycles. The maximum atomic E-state index is 11.2. The van der Waals surface area contributed by atoms with E-state index in [1.165, 1.54) is 0 Å². The molecular formula is C12H20O3. The van der Waals surface area contributed by atoms with Gasteiger partial charge in [0, 0.05) is 6.61 Å². The second kappa shape index (κ2) is 2.76. The van der Waals surface area contributed by atoms with Crippen LogP contribution in [-0.4, -0.2) is 23.3 Å². The van der Waals surface area contributed by atoms with Crippen molar-refractivity contribution in [2.45, 2.75) is 46.1 Å². The van der Waals surface area contributed by atoms with Crippen molar-refractivity contribution in [3.05, 3.63) is 0 Å². The van der Waals surface area contributed by atoms with E-state index in [1.807, 2.05) is 0 Å². The summed E-state index contributed by atoms with van der Waals surface area (Å²) in [6.45, 7) is 8.96. The number of hydrogen-bond donors (Lipinski definition) is 1. The number of hydrogen-bond acceptors (Lipinski definition) is 2. The van der Waals surface area contributed by atoms with Crippen molar-refractivity contribution in [3.63, 3.8) is 0 Å². The molecule has 2 rings (SSSR count). The fourth-order valence-electron chi connectivity index (χ4n) is 3.69. The van der Waals surface area contributed by atoms with Gasteiger partial charge in [-0.3, -0.25) is 4.79 Å². The molecule has 15 heavy (non-hydrogen) atoms. The lowest BCUT2D eigenvalue weighted by Crippen LogP contribution is -2.37. The number of carbonyl (C=O) groups is 1. The Labute approximate surface area is 90.8 Å². The molecule has 1 aliphatic carbocycles. The zero-order valence-corrected chi connectivity index (χ0v) is 9.96. The molecule has 2 aliphatic rings. The van der Waals surface area contributed by atoms with E-state index in [1.54, 1.807) is 0 Å². The number of ether oxygens (including phenoxy) is 1. The third-order valence-corrected chi connectivity index (χ3v) is 4.50. The zero-order valence-electron chi connectivity index (χ0n) is 9.96. The van der Waals surface area contributed by atoms with Crippen LogP contribution in [0.15, 0.2) is 0 Å². The van der Waals surface area contributed by atoms with Gasteiger partial charge < -0.3 is 9.84 Å². The van der Waals surface area contributed by atoms with E-state index in [-0.39, 0.29) is 22.3 Å². The van der Waals surface area contributed by atoms with Crippen LogP contribution in [0.4, 0.5) is 0 Å². The smallest absolute Gasteiger partial charge is 0.307 e. The molecule has 2 unspecified atom stereocenters. The van der Waals surface area contributed by atoms with E-state index < -0.39 is 5.97 Å². The van der Waals surface area contributed by atoms with Gasteiger partial charge in [-0.2, -0.15) is 0 Å². The van der Waals surface area contributed by atoms with E-state index in [4.69, 9.17) is 4.74 Å². The van der Waals surface area contributed by atoms with E-state index in [9.17, 15) is 9.90 Å². The maximum absolute atomic E-state index is 11.2. The molecule has 0 radical (unpaired) electrons. The van der Waals surface area contributed by atoms with Gasteiger partial charge in [-0.25, -0.2) is 0 Å². The largest absolute Gasteiger partial charge is 0.481 e. The van der Waals surface area contributed by atoms with Crippen LogP contribution in [0.1, 0.15) is 40.5 Å². The normalized spacial score (nSPS) is 41.5. The van der Waals surface area contributed by atoms with Crippen molar-refractivity contribution in [1.29, 1.82) is 0 Å². The van der Waals surface area contributed by atoms with Crippen LogP contribution in [0.25, 0.3) is 0 Å². The van der Waals surface area contributed by atoms with Gasteiger partial charge in [0.25, 0.3) is 0 Å². The maximum Gasteiger partial charge on any atom is 0.307 e. The average Bonchev–Trinajstić information content (AvgIpc) is 2.43. The molecule has 3 nitrogen and oxygen atoms in total. The first kappa shape index (κ1) is 10.9. The summed E-state index contributed by atoms with van der Waals surface area (Å²) in [5, 5.41) is 9.24. The van der Waals surface area contributed by atoms with Gasteiger partial charge in [0.05, 0.1) is 11.5 Å². The lowest BCUT2D eigenvalue weighted by Gasteiger charge is -2.37. The monoisotopic (exact) mass is 212 g/mol. The van der Waals surface area contributed by atoms with Gasteiger partial charge in [0.2, 0.25) is 0 Å². The predicted octanol–water partition coefficient (Wildman–Crippen LogP) is 2.30. The highest BCUT2D eigenvalue weighted by molar-refractivity contribution is 5.77. The van der Waals surface area contributed by atoms with Crippen molar-refractivity contribution in [2.75, 3.05) is 6.61 Å². The molecule has 2 fully saturated rings. The Morgan fingerprint density at radius 1 is 1.33 bits per heavy atom. The quantitative estimate of drug-likeness (QED) is 0.725. The van der Waals surface area contributed by atoms with Crippen LogP contribution in [0, 0.1) is 16.7 Å². The Hall–Kier alpha value is -0.570. The summed E-state index contributed by atoms with van der Waals surface area (Å²) in [4.78, 5) is 11.2. The van der Waals surface area contributed by atoms with Crippen LogP contribution in [0.5, 0.6) is 0 Å². The van der Waals surface area contributed by atoms with E-state index in [2.05, 4.69) is 27.7 Å². The molecule has 3 heteroatoms. The molecule has 0 bridgehead atoms. The van der Waals surface area contributed by atoms with Crippen LogP contribution in [0.3, 0.4) is 0 Å². The summed E-state index contributed by atoms with van der Waals surface area (Å²) < 4.78 is 5.67. The highest BCUT2D eigenvalue weighted by Gasteiger charge is 2.75. The molecule has 0 amide bonds. The van der Waals surface area contributed by atoms with Crippen molar-refractivity contribution >= 4 is 5.97 Å². The van der Waals surface area contributed by atoms with Gasteiger partial charge in [-0.05, 0) is 37.5 Å². The molecular weight excluding hydrogens is 192 g/mol. The van der Waals surface area contributed by atoms with Crippen molar-refractivity contribution in [1.82, 2.24) is 0 Å². The summed E-state index contributed by atoms with van der Waals surface area (Å²) in [5.74, 6) is -0.828. The molecule has 1 N–H and O–H groups in total. The minimum atomic E-state index is -0.641. The highest BCUT2D eigenvalue weighted by atomic mass is 16.5. The highest BCUT2D eigenvalue weighted by Crippen LogP contribution is 2.74. The van der Waals surface area contributed by atoms with Gasteiger partial charge >= 0.3 is 5.97 Å². The minimum Gasteiger partial charge on any atom is -0.481 e. The Balaban J connectivity index is 2.26. The van der Waals surface area contributed by atoms with Crippen LogP contribution in [-0.2, 0) is 9.53 Å². The minimum absolute atomic E-state index is 0.0272. The standard InChI is InChI=1S/C12H20O3/c1-10(2)7-12(5-6-15-10)8(9(13)14)11(12,3)4/h8H,5-7H2,1-4H3,(H,13,14). The Kier molecular flexibility index (Phi) is 2.01. The molecule has 0 aromatic carbocycles. The van der Waals surface area contributed by atoms with Crippen molar-refractivity contribution < 1.29 is 14.6 Å². The molecule has 1 saturated carbocycles. The third kappa shape index (κ3) is 1.32. The molecule has 0 aromatic rings. The fraction of sp³-hybridized carbons (Fsp3) is 0.917. The summed E-state index contributed by atoms with van der Waals surface area (Å²) in [7, 11) is 0. The topological polar surface area (TPSA) is 46.5 Å². The summed E-state index contributed by atoms with van der Waals surface area (Å²) in [6, 6.07) is 0. The second-order valence-corrected chi connectivity index (χ2v) is 6.18. The first-order valence-corrected chi connectivity index (χ1v) is 5.60. The van der Waals surface area contributed by atoms with Gasteiger partial charge in [0.1, 0.15) is 0 Å². The van der Waals surface area contributed by atoms with Gasteiger partial charge in [-0.1, -0.05) is 13.8 Å². The number of aliphatic carboxylic acids is 1. The SMILES string of the molecule is CC1(C)CC2(CCO1)C(C(=O)O)C2(C)C. The first-order valence-electron chi connectivity index (χ1n) is 5.60. The van der Waals surface area contributed by atoms with Gasteiger partial charge in [-0.15, -0.1) is 0 Å². The second-order valence-electron chi connectivity index (χ2n) is 6.18. The average molecular weight is 212 g/mol. The number of carboxylic acids is 1. The van der Waals surface area contributed by atoms with Crippen molar-refractivity contribution in [3.8, 4) is 0 Å². The van der Waals surface area contributed by atoms with E-state index in [0.717, 1.165) is 12.8 Å². The number of rotatable bonds is 1. The van der Waals surface area contributed by atoms with Crippen LogP contribution >= 0.6 is 0 Å². The van der Waals surface area contributed by atoms with E-state index >= 15 is 0 Å². The molecule has 1 spiro atoms. The molecule has 86 valence electrons. The number of carboxylic acid groups (broad SMARTS) is 1. The molecule has 2 atom stereocenters. The lowest BCUT2D eigenvalue weighted by atomic mass is 9.80. The first-order chi connectivity index (χ1) is 6.73. The van der Waals surface area contributed by atoms with E-state index in [0.29, 0.717) is 6.61 Å². The Morgan fingerprint density at radius 2 is 1.93 bits per heavy atom. The molecule has 1 saturated heterocycles. The zero-order chi connectivity index (χ0) is 11.5. The summed E-state index contributed by atoms with van der Waals surface area (Å²) in [5.41, 5.74) is -0.264. The fourth-order valence-corrected chi connectivity index (χ4v) is 3.69. The van der Waals surface area contributed by atoms with Crippen LogP contribution in [0.2, 0.25) is 0 Å². The van der Waals surface area contributed by atoms with Crippen LogP contribution < -0.4 is 0 Å². The molecule has 1 aliphatic heterocycles. The predicted molar refractivity (Wildman–Crippen MR) is 56.6 cm³/mol. The van der Waals surface area contributed by atoms with Gasteiger partial charge in [0.15, 0.2) is 0 Å². The summed E-state index contributed by atoms with van der Waals surface area (Å²) >= 11 is 0. The Morgan fingerprint density at radius 3 is 2.33 bits per heavy atom. The molecule has 1 heterocycles. The Bertz CT molecular complexity index is 306. The summed E-state index contributed by atoms with van der Waals surface area (Å²) in [6.07, 6.45) is 1.75. The lowest BCUT2D eigenvalue weighted by molar-refractivity contribution is -0.141.